The van der Waals surface area contributed by atoms with E-state index >= 15 is 0 Å². The van der Waals surface area contributed by atoms with Gasteiger partial charge in [-0.25, -0.2) is 4.98 Å². The Kier molecular flexibility index (Phi) is 3.71. The number of pyridine rings is 1. The lowest BCUT2D eigenvalue weighted by Gasteiger charge is -2.13. The molecule has 1 aromatic carbocycles. The van der Waals surface area contributed by atoms with Crippen LogP contribution in [-0.4, -0.2) is 41.2 Å². The van der Waals surface area contributed by atoms with Crippen LogP contribution in [0.5, 0.6) is 0 Å². The highest BCUT2D eigenvalue weighted by Crippen LogP contribution is 2.38. The number of para-hydroxylation sites is 2. The Bertz CT molecular complexity index is 993. The van der Waals surface area contributed by atoms with E-state index in [1.165, 1.54) is 0 Å². The Morgan fingerprint density at radius 1 is 1.20 bits per heavy atom. The van der Waals surface area contributed by atoms with Crippen LogP contribution in [0.15, 0.2) is 59.1 Å². The smallest absolute Gasteiger partial charge is 0.191 e. The molecule has 3 aromatic heterocycles. The molecule has 6 nitrogen and oxygen atoms in total. The van der Waals surface area contributed by atoms with Crippen molar-refractivity contribution in [1.82, 2.24) is 29.7 Å². The molecule has 5 rings (SSSR count). The number of imidazole rings is 1. The van der Waals surface area contributed by atoms with Gasteiger partial charge in [0.25, 0.3) is 0 Å². The van der Waals surface area contributed by atoms with Crippen LogP contribution >= 0.6 is 23.5 Å². The molecule has 1 N–H and O–H groups in total. The maximum Gasteiger partial charge on any atom is 0.191 e. The summed E-state index contributed by atoms with van der Waals surface area (Å²) < 4.78 is 2.23. The van der Waals surface area contributed by atoms with Crippen LogP contribution in [-0.2, 0) is 0 Å². The zero-order valence-corrected chi connectivity index (χ0v) is 14.8. The van der Waals surface area contributed by atoms with E-state index in [0.717, 1.165) is 44.2 Å². The van der Waals surface area contributed by atoms with Crippen LogP contribution in [0.4, 0.5) is 0 Å². The SMILES string of the molecule is c1cncc(-c2nnc3n2C(CSc2nc4ccccc4[nH]2)CS3)c1. The predicted molar refractivity (Wildman–Crippen MR) is 99.8 cm³/mol. The second-order valence-electron chi connectivity index (χ2n) is 5.75. The quantitative estimate of drug-likeness (QED) is 0.556. The molecule has 0 fully saturated rings. The molecule has 0 bridgehead atoms. The maximum atomic E-state index is 4.65. The molecule has 1 aliphatic heterocycles. The largest absolute Gasteiger partial charge is 0.333 e. The summed E-state index contributed by atoms with van der Waals surface area (Å²) in [7, 11) is 0. The molecule has 0 radical (unpaired) electrons. The second kappa shape index (κ2) is 6.20. The number of aromatic amines is 1. The summed E-state index contributed by atoms with van der Waals surface area (Å²) in [6.07, 6.45) is 3.61. The molecule has 0 saturated carbocycles. The highest BCUT2D eigenvalue weighted by atomic mass is 32.2. The van der Waals surface area contributed by atoms with Crippen LogP contribution < -0.4 is 0 Å². The van der Waals surface area contributed by atoms with E-state index in [0.29, 0.717) is 6.04 Å². The molecule has 8 heteroatoms. The van der Waals surface area contributed by atoms with Crippen molar-refractivity contribution in [2.75, 3.05) is 11.5 Å². The van der Waals surface area contributed by atoms with Crippen LogP contribution in [0.25, 0.3) is 22.4 Å². The van der Waals surface area contributed by atoms with Crippen molar-refractivity contribution < 1.29 is 0 Å². The zero-order valence-electron chi connectivity index (χ0n) is 13.2. The van der Waals surface area contributed by atoms with E-state index in [9.17, 15) is 0 Å². The molecular weight excluding hydrogens is 352 g/mol. The van der Waals surface area contributed by atoms with Gasteiger partial charge in [0.2, 0.25) is 0 Å². The highest BCUT2D eigenvalue weighted by molar-refractivity contribution is 8.00. The third-order valence-corrected chi connectivity index (χ3v) is 6.24. The van der Waals surface area contributed by atoms with E-state index < -0.39 is 0 Å². The van der Waals surface area contributed by atoms with E-state index in [4.69, 9.17) is 0 Å². The number of fused-ring (bicyclic) bond motifs is 2. The van der Waals surface area contributed by atoms with Crippen LogP contribution in [0.1, 0.15) is 6.04 Å². The van der Waals surface area contributed by atoms with Gasteiger partial charge in [0, 0.05) is 29.5 Å². The minimum Gasteiger partial charge on any atom is -0.333 e. The molecule has 0 amide bonds. The second-order valence-corrected chi connectivity index (χ2v) is 7.75. The van der Waals surface area contributed by atoms with Gasteiger partial charge in [0.1, 0.15) is 0 Å². The fourth-order valence-corrected chi connectivity index (χ4v) is 5.13. The lowest BCUT2D eigenvalue weighted by atomic mass is 10.2. The minimum absolute atomic E-state index is 0.336. The number of aromatic nitrogens is 6. The number of hydrogen-bond acceptors (Lipinski definition) is 6. The third-order valence-electron chi connectivity index (χ3n) is 4.13. The average molecular weight is 366 g/mol. The van der Waals surface area contributed by atoms with E-state index in [-0.39, 0.29) is 0 Å². The van der Waals surface area contributed by atoms with Crippen molar-refractivity contribution in [3.05, 3.63) is 48.8 Å². The normalized spacial score (nSPS) is 16.4. The van der Waals surface area contributed by atoms with Crippen molar-refractivity contribution >= 4 is 34.6 Å². The fourth-order valence-electron chi connectivity index (χ4n) is 2.94. The lowest BCUT2D eigenvalue weighted by molar-refractivity contribution is 0.596. The molecule has 0 aliphatic carbocycles. The summed E-state index contributed by atoms with van der Waals surface area (Å²) in [5.41, 5.74) is 3.08. The summed E-state index contributed by atoms with van der Waals surface area (Å²) in [5.74, 6) is 2.82. The number of H-pyrrole nitrogens is 1. The van der Waals surface area contributed by atoms with E-state index in [2.05, 4.69) is 35.8 Å². The van der Waals surface area contributed by atoms with Crippen LogP contribution in [0.3, 0.4) is 0 Å². The standard InChI is InChI=1S/C17H14N6S2/c1-2-6-14-13(5-1)19-16(20-14)24-9-12-10-25-17-22-21-15(23(12)17)11-4-3-7-18-8-11/h1-8,12H,9-10H2,(H,19,20). The first kappa shape index (κ1) is 15.0. The number of nitrogens with zero attached hydrogens (tertiary/aromatic N) is 5. The fraction of sp³-hybridized carbons (Fsp3) is 0.176. The molecule has 25 heavy (non-hydrogen) atoms. The number of benzene rings is 1. The zero-order chi connectivity index (χ0) is 16.6. The highest BCUT2D eigenvalue weighted by Gasteiger charge is 2.28. The van der Waals surface area contributed by atoms with Crippen LogP contribution in [0.2, 0.25) is 0 Å². The summed E-state index contributed by atoms with van der Waals surface area (Å²) in [6.45, 7) is 0. The van der Waals surface area contributed by atoms with Crippen molar-refractivity contribution in [1.29, 1.82) is 0 Å². The molecule has 1 unspecified atom stereocenters. The molecule has 4 aromatic rings. The van der Waals surface area contributed by atoms with Crippen molar-refractivity contribution in [3.8, 4) is 11.4 Å². The molecule has 0 saturated heterocycles. The minimum atomic E-state index is 0.336. The molecule has 124 valence electrons. The topological polar surface area (TPSA) is 72.3 Å². The van der Waals surface area contributed by atoms with Gasteiger partial charge in [-0.05, 0) is 24.3 Å². The van der Waals surface area contributed by atoms with Crippen molar-refractivity contribution in [3.63, 3.8) is 0 Å². The van der Waals surface area contributed by atoms with Gasteiger partial charge < -0.3 is 4.98 Å². The number of thioether (sulfide) groups is 2. The Morgan fingerprint density at radius 3 is 3.04 bits per heavy atom. The van der Waals surface area contributed by atoms with Crippen molar-refractivity contribution in [2.45, 2.75) is 16.4 Å². The van der Waals surface area contributed by atoms with Gasteiger partial charge in [0.15, 0.2) is 16.1 Å². The first-order valence-corrected chi connectivity index (χ1v) is 9.91. The lowest BCUT2D eigenvalue weighted by Crippen LogP contribution is -2.11. The molecule has 4 heterocycles. The number of hydrogen-bond donors (Lipinski definition) is 1. The summed E-state index contributed by atoms with van der Waals surface area (Å²) in [5, 5.41) is 10.6. The monoisotopic (exact) mass is 366 g/mol. The van der Waals surface area contributed by atoms with Gasteiger partial charge in [-0.15, -0.1) is 10.2 Å². The average Bonchev–Trinajstić information content (AvgIpc) is 3.35. The van der Waals surface area contributed by atoms with Crippen LogP contribution in [0, 0.1) is 0 Å². The summed E-state index contributed by atoms with van der Waals surface area (Å²) >= 11 is 3.50. The molecule has 0 spiro atoms. The Balaban J connectivity index is 1.39. The Morgan fingerprint density at radius 2 is 2.16 bits per heavy atom. The Hall–Kier alpha value is -2.32. The maximum absolute atomic E-state index is 4.65. The van der Waals surface area contributed by atoms with Gasteiger partial charge in [0.05, 0.1) is 17.1 Å². The Labute approximate surface area is 152 Å². The number of nitrogens with one attached hydrogen (secondary N) is 1. The molecule has 1 atom stereocenters. The number of rotatable bonds is 4. The van der Waals surface area contributed by atoms with Gasteiger partial charge >= 0.3 is 0 Å². The van der Waals surface area contributed by atoms with Gasteiger partial charge in [-0.2, -0.15) is 0 Å². The molecule has 1 aliphatic rings. The first-order valence-electron chi connectivity index (χ1n) is 7.94. The third kappa shape index (κ3) is 2.71. The predicted octanol–water partition coefficient (Wildman–Crippen LogP) is 3.66. The van der Waals surface area contributed by atoms with E-state index in [1.54, 1.807) is 29.7 Å². The summed E-state index contributed by atoms with van der Waals surface area (Å²) in [6, 6.07) is 12.4. The molecular formula is C17H14N6S2. The van der Waals surface area contributed by atoms with Crippen molar-refractivity contribution in [2.24, 2.45) is 0 Å². The van der Waals surface area contributed by atoms with E-state index in [1.807, 2.05) is 36.5 Å². The van der Waals surface area contributed by atoms with Gasteiger partial charge in [-0.1, -0.05) is 35.7 Å². The summed E-state index contributed by atoms with van der Waals surface area (Å²) in [4.78, 5) is 12.2. The first-order chi connectivity index (χ1) is 12.4. The van der Waals surface area contributed by atoms with Gasteiger partial charge in [-0.3, -0.25) is 9.55 Å².